The van der Waals surface area contributed by atoms with Crippen LogP contribution in [-0.4, -0.2) is 13.5 Å². The van der Waals surface area contributed by atoms with Crippen molar-refractivity contribution in [2.24, 2.45) is 5.73 Å². The van der Waals surface area contributed by atoms with E-state index in [0.29, 0.717) is 5.70 Å². The molecule has 0 aliphatic rings. The third kappa shape index (κ3) is 3.41. The van der Waals surface area contributed by atoms with Crippen LogP contribution in [0.2, 0.25) is 0 Å². The predicted octanol–water partition coefficient (Wildman–Crippen LogP) is 0.376. The molecule has 0 aromatic heterocycles. The number of nitrogens with two attached hydrogens (primary N) is 1. The van der Waals surface area contributed by atoms with Crippen LogP contribution in [0, 0.1) is 0 Å². The van der Waals surface area contributed by atoms with Gasteiger partial charge in [0, 0.05) is 0 Å². The van der Waals surface area contributed by atoms with Gasteiger partial charge in [0.1, 0.15) is 0 Å². The van der Waals surface area contributed by atoms with Gasteiger partial charge < -0.3 is 0 Å². The quantitative estimate of drug-likeness (QED) is 0.399. The number of rotatable bonds is 2. The molecule has 1 radical (unpaired) electrons. The van der Waals surface area contributed by atoms with Crippen molar-refractivity contribution in [1.82, 2.24) is 0 Å². The summed E-state index contributed by atoms with van der Waals surface area (Å²) in [6.07, 6.45) is 5.28. The summed E-state index contributed by atoms with van der Waals surface area (Å²) in [5, 5.41) is 0. The van der Waals surface area contributed by atoms with Crippen molar-refractivity contribution in [3.05, 3.63) is 23.9 Å². The molecule has 0 aliphatic carbocycles. The zero-order valence-corrected chi connectivity index (χ0v) is 4.96. The molecule has 0 atom stereocenters. The zero-order valence-electron chi connectivity index (χ0n) is 4.96. The summed E-state index contributed by atoms with van der Waals surface area (Å²) in [7, 11) is 5.04. The molecule has 41 valence electrons. The third-order valence-corrected chi connectivity index (χ3v) is 0.648. The monoisotopic (exact) mass is 106 g/mol. The van der Waals surface area contributed by atoms with Crippen LogP contribution >= 0.6 is 0 Å². The fourth-order valence-electron chi connectivity index (χ4n) is 0.359. The van der Waals surface area contributed by atoms with E-state index in [0.717, 1.165) is 0 Å². The molecule has 0 bridgehead atoms. The maximum atomic E-state index is 5.36. The first kappa shape index (κ1) is 7.21. The Labute approximate surface area is 51.0 Å². The minimum atomic E-state index is 0.676. The van der Waals surface area contributed by atoms with Crippen LogP contribution in [-0.2, 0) is 0 Å². The van der Waals surface area contributed by atoms with Gasteiger partial charge in [0.05, 0.1) is 0 Å². The minimum absolute atomic E-state index is 0.676. The zero-order chi connectivity index (χ0) is 6.41. The van der Waals surface area contributed by atoms with E-state index in [1.54, 1.807) is 12.2 Å². The third-order valence-electron chi connectivity index (χ3n) is 0.648. The van der Waals surface area contributed by atoms with E-state index in [4.69, 9.17) is 13.2 Å². The van der Waals surface area contributed by atoms with Crippen LogP contribution in [0.1, 0.15) is 6.92 Å². The van der Waals surface area contributed by atoms with Gasteiger partial charge in [-0.2, -0.15) is 0 Å². The summed E-state index contributed by atoms with van der Waals surface area (Å²) in [6.45, 7) is 1.90. The summed E-state index contributed by atoms with van der Waals surface area (Å²) in [5.41, 5.74) is 6.03. The molecule has 0 amide bonds. The van der Waals surface area contributed by atoms with Gasteiger partial charge in [-0.05, 0) is 0 Å². The normalized spacial score (nSPS) is 12.2. The van der Waals surface area contributed by atoms with Gasteiger partial charge >= 0.3 is 50.0 Å². The van der Waals surface area contributed by atoms with Crippen LogP contribution in [0.5, 0.6) is 0 Å². The standard InChI is InChI=1S/C6H9BN/c1-2-3-6(8)4-5-7/h2-5H,8H2,1H3/b3-2-,6-4+. The van der Waals surface area contributed by atoms with E-state index in [9.17, 15) is 0 Å². The average Bonchev–Trinajstić information content (AvgIpc) is 1.68. The Hall–Kier alpha value is -0.785. The number of allylic oxidation sites excluding steroid dienone is 3. The van der Waals surface area contributed by atoms with E-state index in [1.165, 1.54) is 5.97 Å². The molecule has 0 fully saturated rings. The van der Waals surface area contributed by atoms with E-state index in [2.05, 4.69) is 0 Å². The van der Waals surface area contributed by atoms with Gasteiger partial charge in [-0.3, -0.25) is 0 Å². The van der Waals surface area contributed by atoms with Gasteiger partial charge in [0.2, 0.25) is 0 Å². The second-order valence-corrected chi connectivity index (χ2v) is 1.36. The van der Waals surface area contributed by atoms with E-state index >= 15 is 0 Å². The SMILES string of the molecule is [B]=C/C=C(N)\C=C/C. The molecule has 0 spiro atoms. The Bertz CT molecular complexity index is 124. The summed E-state index contributed by atoms with van der Waals surface area (Å²) >= 11 is 0. The van der Waals surface area contributed by atoms with Crippen molar-refractivity contribution in [2.75, 3.05) is 0 Å². The Kier molecular flexibility index (Phi) is 3.95. The molecule has 0 aliphatic heterocycles. The predicted molar refractivity (Wildman–Crippen MR) is 38.9 cm³/mol. The summed E-state index contributed by atoms with van der Waals surface area (Å²) in [4.78, 5) is 0. The molecule has 0 saturated carbocycles. The van der Waals surface area contributed by atoms with Crippen LogP contribution in [0.4, 0.5) is 0 Å². The van der Waals surface area contributed by atoms with Crippen molar-refractivity contribution < 1.29 is 0 Å². The molecule has 2 N–H and O–H groups in total. The molecule has 0 unspecified atom stereocenters. The first-order chi connectivity index (χ1) is 3.81. The Morgan fingerprint density at radius 3 is 2.62 bits per heavy atom. The molecule has 0 rings (SSSR count). The summed E-state index contributed by atoms with van der Waals surface area (Å²) in [5.74, 6) is 1.41. The van der Waals surface area contributed by atoms with Gasteiger partial charge in [0.25, 0.3) is 0 Å². The average molecular weight is 106 g/mol. The van der Waals surface area contributed by atoms with Gasteiger partial charge in [-0.1, -0.05) is 0 Å². The van der Waals surface area contributed by atoms with E-state index < -0.39 is 0 Å². The Morgan fingerprint density at radius 2 is 2.25 bits per heavy atom. The van der Waals surface area contributed by atoms with Gasteiger partial charge in [-0.15, -0.1) is 0 Å². The topological polar surface area (TPSA) is 26.0 Å². The van der Waals surface area contributed by atoms with Crippen LogP contribution in [0.3, 0.4) is 0 Å². The summed E-state index contributed by atoms with van der Waals surface area (Å²) < 4.78 is 0. The molecule has 0 aromatic rings. The number of hydrogen-bond donors (Lipinski definition) is 1. The molecule has 0 saturated heterocycles. The van der Waals surface area contributed by atoms with Crippen molar-refractivity contribution in [1.29, 1.82) is 0 Å². The molecule has 0 heterocycles. The maximum absolute atomic E-state index is 5.36. The Balaban J connectivity index is 3.79. The van der Waals surface area contributed by atoms with E-state index in [1.807, 2.05) is 13.0 Å². The second kappa shape index (κ2) is 4.38. The Morgan fingerprint density at radius 1 is 1.62 bits per heavy atom. The number of hydrogen-bond acceptors (Lipinski definition) is 1. The molecular formula is C6H9BN. The first-order valence-corrected chi connectivity index (χ1v) is 2.44. The van der Waals surface area contributed by atoms with Crippen molar-refractivity contribution in [3.8, 4) is 0 Å². The second-order valence-electron chi connectivity index (χ2n) is 1.36. The fraction of sp³-hybridized carbons (Fsp3) is 0.167. The van der Waals surface area contributed by atoms with E-state index in [-0.39, 0.29) is 0 Å². The van der Waals surface area contributed by atoms with Gasteiger partial charge in [-0.25, -0.2) is 0 Å². The van der Waals surface area contributed by atoms with Crippen molar-refractivity contribution >= 4 is 13.5 Å². The molecule has 0 aromatic carbocycles. The van der Waals surface area contributed by atoms with Crippen LogP contribution in [0.15, 0.2) is 23.9 Å². The van der Waals surface area contributed by atoms with Crippen molar-refractivity contribution in [2.45, 2.75) is 6.92 Å². The fourth-order valence-corrected chi connectivity index (χ4v) is 0.359. The van der Waals surface area contributed by atoms with Crippen LogP contribution < -0.4 is 5.73 Å². The first-order valence-electron chi connectivity index (χ1n) is 2.44. The molecule has 2 heteroatoms. The van der Waals surface area contributed by atoms with Crippen LogP contribution in [0.25, 0.3) is 0 Å². The summed E-state index contributed by atoms with van der Waals surface area (Å²) in [6, 6.07) is 0. The molecular weight excluding hydrogens is 96.9 g/mol. The van der Waals surface area contributed by atoms with Gasteiger partial charge in [0.15, 0.2) is 0 Å². The molecule has 8 heavy (non-hydrogen) atoms. The van der Waals surface area contributed by atoms with Crippen molar-refractivity contribution in [3.63, 3.8) is 0 Å². The molecule has 1 nitrogen and oxygen atoms in total.